The fourth-order valence-corrected chi connectivity index (χ4v) is 3.86. The number of fused-ring (bicyclic) bond motifs is 1. The van der Waals surface area contributed by atoms with Crippen molar-refractivity contribution in [3.05, 3.63) is 86.5 Å². The molecule has 12 heteroatoms. The minimum Gasteiger partial charge on any atom is -0.452 e. The number of aryl methyl sites for hydroxylation is 1. The van der Waals surface area contributed by atoms with E-state index in [0.29, 0.717) is 17.8 Å². The van der Waals surface area contributed by atoms with Gasteiger partial charge in [0.2, 0.25) is 0 Å². The van der Waals surface area contributed by atoms with Crippen LogP contribution in [0.25, 0.3) is 5.65 Å². The first-order valence-corrected chi connectivity index (χ1v) is 11.3. The maximum Gasteiger partial charge on any atom is 0.344 e. The van der Waals surface area contributed by atoms with E-state index in [2.05, 4.69) is 15.1 Å². The maximum atomic E-state index is 13.1. The second-order valence-electron chi connectivity index (χ2n) is 8.03. The highest BCUT2D eigenvalue weighted by molar-refractivity contribution is 6.01. The first-order valence-electron chi connectivity index (χ1n) is 11.3. The van der Waals surface area contributed by atoms with Crippen LogP contribution >= 0.6 is 0 Å². The quantitative estimate of drug-likeness (QED) is 0.347. The zero-order valence-corrected chi connectivity index (χ0v) is 19.8. The number of nitrogens with two attached hydrogens (primary N) is 1. The average Bonchev–Trinajstić information content (AvgIpc) is 3.20. The molecular formula is C24H25N7O5. The molecule has 0 radical (unpaired) electrons. The molecule has 186 valence electrons. The average molecular weight is 492 g/mol. The number of nitrogens with one attached hydrogen (secondary N) is 1. The number of esters is 1. The van der Waals surface area contributed by atoms with E-state index in [-0.39, 0.29) is 30.2 Å². The van der Waals surface area contributed by atoms with Crippen molar-refractivity contribution in [1.29, 1.82) is 0 Å². The van der Waals surface area contributed by atoms with Crippen LogP contribution in [0.1, 0.15) is 35.0 Å². The summed E-state index contributed by atoms with van der Waals surface area (Å²) in [6.45, 7) is 3.00. The molecule has 0 saturated heterocycles. The predicted molar refractivity (Wildman–Crippen MR) is 132 cm³/mol. The fourth-order valence-electron chi connectivity index (χ4n) is 3.86. The Morgan fingerprint density at radius 2 is 1.92 bits per heavy atom. The summed E-state index contributed by atoms with van der Waals surface area (Å²) < 4.78 is 7.89. The first kappa shape index (κ1) is 24.4. The van der Waals surface area contributed by atoms with Crippen molar-refractivity contribution >= 4 is 29.0 Å². The van der Waals surface area contributed by atoms with Crippen LogP contribution in [-0.2, 0) is 16.1 Å². The van der Waals surface area contributed by atoms with Gasteiger partial charge < -0.3 is 15.4 Å². The SMILES string of the molecule is CCCN(C(=O)COC(=O)c1c(C)nn2cccnc12)c1c(N)n(Cc2ccccc2)c(=O)[nH]c1=O. The molecule has 1 aromatic carbocycles. The number of ether oxygens (including phenoxy) is 1. The summed E-state index contributed by atoms with van der Waals surface area (Å²) in [7, 11) is 0. The number of hydrogen-bond acceptors (Lipinski definition) is 8. The van der Waals surface area contributed by atoms with Gasteiger partial charge in [-0.05, 0) is 25.0 Å². The van der Waals surface area contributed by atoms with Crippen LogP contribution in [0.15, 0.2) is 58.4 Å². The molecule has 3 heterocycles. The van der Waals surface area contributed by atoms with Gasteiger partial charge in [-0.2, -0.15) is 5.10 Å². The zero-order valence-electron chi connectivity index (χ0n) is 19.8. The topological polar surface area (TPSA) is 158 Å². The third-order valence-corrected chi connectivity index (χ3v) is 5.52. The molecule has 36 heavy (non-hydrogen) atoms. The Kier molecular flexibility index (Phi) is 6.95. The number of amides is 1. The number of aromatic amines is 1. The number of carbonyl (C=O) groups excluding carboxylic acids is 2. The highest BCUT2D eigenvalue weighted by Gasteiger charge is 2.26. The van der Waals surface area contributed by atoms with E-state index in [1.807, 2.05) is 37.3 Å². The fraction of sp³-hybridized carbons (Fsp3) is 0.250. The normalized spacial score (nSPS) is 10.9. The lowest BCUT2D eigenvalue weighted by Gasteiger charge is -2.24. The van der Waals surface area contributed by atoms with E-state index in [9.17, 15) is 19.2 Å². The molecule has 0 unspecified atom stereocenters. The lowest BCUT2D eigenvalue weighted by atomic mass is 10.2. The number of H-pyrrole nitrogens is 1. The minimum atomic E-state index is -0.808. The molecule has 4 rings (SSSR count). The zero-order chi connectivity index (χ0) is 25.8. The molecule has 0 fully saturated rings. The number of hydrogen-bond donors (Lipinski definition) is 2. The number of nitrogens with zero attached hydrogens (tertiary/aromatic N) is 5. The number of nitrogen functional groups attached to an aromatic ring is 1. The molecule has 3 aromatic heterocycles. The second kappa shape index (κ2) is 10.3. The molecule has 0 bridgehead atoms. The van der Waals surface area contributed by atoms with Gasteiger partial charge >= 0.3 is 11.7 Å². The molecule has 0 saturated carbocycles. The van der Waals surface area contributed by atoms with Crippen molar-refractivity contribution in [2.24, 2.45) is 0 Å². The van der Waals surface area contributed by atoms with Crippen molar-refractivity contribution < 1.29 is 14.3 Å². The van der Waals surface area contributed by atoms with E-state index in [4.69, 9.17) is 10.5 Å². The van der Waals surface area contributed by atoms with Crippen LogP contribution in [-0.4, -0.2) is 49.2 Å². The van der Waals surface area contributed by atoms with Gasteiger partial charge in [0.1, 0.15) is 11.4 Å². The Hall–Kier alpha value is -4.74. The van der Waals surface area contributed by atoms with Gasteiger partial charge in [-0.25, -0.2) is 19.1 Å². The molecule has 4 aromatic rings. The Morgan fingerprint density at radius 1 is 1.17 bits per heavy atom. The van der Waals surface area contributed by atoms with Gasteiger partial charge in [-0.1, -0.05) is 37.3 Å². The van der Waals surface area contributed by atoms with Gasteiger partial charge in [0.05, 0.1) is 12.2 Å². The van der Waals surface area contributed by atoms with Gasteiger partial charge in [0.15, 0.2) is 17.9 Å². The summed E-state index contributed by atoms with van der Waals surface area (Å²) in [4.78, 5) is 58.6. The standard InChI is InChI=1S/C24H25N7O5/c1-3-11-29(17(32)14-36-23(34)18-15(2)28-31-12-7-10-26-21(18)31)19-20(25)30(24(35)27-22(19)33)13-16-8-5-4-6-9-16/h4-10,12H,3,11,13-14,25H2,1-2H3,(H,27,33,35). The van der Waals surface area contributed by atoms with E-state index in [0.717, 1.165) is 10.5 Å². The number of benzene rings is 1. The lowest BCUT2D eigenvalue weighted by Crippen LogP contribution is -2.43. The van der Waals surface area contributed by atoms with Gasteiger partial charge in [0.25, 0.3) is 11.5 Å². The van der Waals surface area contributed by atoms with Gasteiger partial charge in [-0.15, -0.1) is 0 Å². The smallest absolute Gasteiger partial charge is 0.344 e. The van der Waals surface area contributed by atoms with E-state index < -0.39 is 29.7 Å². The van der Waals surface area contributed by atoms with Crippen LogP contribution in [0.4, 0.5) is 11.5 Å². The first-order chi connectivity index (χ1) is 17.3. The third-order valence-electron chi connectivity index (χ3n) is 5.52. The van der Waals surface area contributed by atoms with Crippen molar-refractivity contribution in [2.75, 3.05) is 23.8 Å². The Bertz CT molecular complexity index is 1540. The molecule has 0 aliphatic heterocycles. The van der Waals surface area contributed by atoms with Crippen LogP contribution in [0.3, 0.4) is 0 Å². The summed E-state index contributed by atoms with van der Waals surface area (Å²) in [5.74, 6) is -1.61. The maximum absolute atomic E-state index is 13.1. The Balaban J connectivity index is 1.61. The lowest BCUT2D eigenvalue weighted by molar-refractivity contribution is -0.121. The number of aromatic nitrogens is 5. The summed E-state index contributed by atoms with van der Waals surface area (Å²) >= 11 is 0. The highest BCUT2D eigenvalue weighted by atomic mass is 16.5. The van der Waals surface area contributed by atoms with Crippen molar-refractivity contribution in [2.45, 2.75) is 26.8 Å². The molecule has 3 N–H and O–H groups in total. The largest absolute Gasteiger partial charge is 0.452 e. The monoisotopic (exact) mass is 491 g/mol. The Labute approximate surface area is 204 Å². The van der Waals surface area contributed by atoms with Crippen LogP contribution in [0.2, 0.25) is 0 Å². The molecular weight excluding hydrogens is 466 g/mol. The molecule has 0 spiro atoms. The van der Waals surface area contributed by atoms with Crippen molar-refractivity contribution in [1.82, 2.24) is 24.1 Å². The van der Waals surface area contributed by atoms with E-state index in [1.165, 1.54) is 15.3 Å². The third kappa shape index (κ3) is 4.73. The van der Waals surface area contributed by atoms with Gasteiger partial charge in [0, 0.05) is 18.9 Å². The summed E-state index contributed by atoms with van der Waals surface area (Å²) in [5.41, 5.74) is 6.17. The van der Waals surface area contributed by atoms with Crippen LogP contribution in [0, 0.1) is 6.92 Å². The van der Waals surface area contributed by atoms with Crippen LogP contribution < -0.4 is 21.9 Å². The van der Waals surface area contributed by atoms with Crippen molar-refractivity contribution in [3.8, 4) is 0 Å². The molecule has 0 atom stereocenters. The number of rotatable bonds is 8. The van der Waals surface area contributed by atoms with Gasteiger partial charge in [-0.3, -0.25) is 19.1 Å². The minimum absolute atomic E-state index is 0.0967. The number of carbonyl (C=O) groups is 2. The molecule has 0 aliphatic rings. The van der Waals surface area contributed by atoms with Crippen LogP contribution in [0.5, 0.6) is 0 Å². The highest BCUT2D eigenvalue weighted by Crippen LogP contribution is 2.19. The number of anilines is 2. The summed E-state index contributed by atoms with van der Waals surface area (Å²) in [6.07, 6.45) is 3.63. The summed E-state index contributed by atoms with van der Waals surface area (Å²) in [5, 5.41) is 4.21. The molecule has 1 amide bonds. The van der Waals surface area contributed by atoms with E-state index in [1.54, 1.807) is 19.2 Å². The second-order valence-corrected chi connectivity index (χ2v) is 8.03. The molecule has 0 aliphatic carbocycles. The molecule has 12 nitrogen and oxygen atoms in total. The predicted octanol–water partition coefficient (Wildman–Crippen LogP) is 1.12. The van der Waals surface area contributed by atoms with Crippen molar-refractivity contribution in [3.63, 3.8) is 0 Å². The van der Waals surface area contributed by atoms with E-state index >= 15 is 0 Å². The Morgan fingerprint density at radius 3 is 2.64 bits per heavy atom. The summed E-state index contributed by atoms with van der Waals surface area (Å²) in [6, 6.07) is 10.7.